The molecule has 6 heteroatoms. The van der Waals surface area contributed by atoms with E-state index in [2.05, 4.69) is 10.3 Å². The van der Waals surface area contributed by atoms with Crippen molar-refractivity contribution in [2.24, 2.45) is 5.73 Å². The molecule has 0 atom stereocenters. The largest absolute Gasteiger partial charge is 0.484 e. The summed E-state index contributed by atoms with van der Waals surface area (Å²) in [5.74, 6) is 0.167. The van der Waals surface area contributed by atoms with Crippen LogP contribution in [0, 0.1) is 0 Å². The van der Waals surface area contributed by atoms with Crippen LogP contribution in [0.4, 0.5) is 0 Å². The summed E-state index contributed by atoms with van der Waals surface area (Å²) in [4.78, 5) is 15.8. The normalized spacial score (nSPS) is 10.3. The summed E-state index contributed by atoms with van der Waals surface area (Å²) in [7, 11) is 0. The highest BCUT2D eigenvalue weighted by atomic mass is 32.1. The highest BCUT2D eigenvalue weighted by Crippen LogP contribution is 2.12. The van der Waals surface area contributed by atoms with Gasteiger partial charge in [-0.15, -0.1) is 11.3 Å². The number of carbonyl (C=O) groups excluding carboxylic acids is 1. The Hall–Kier alpha value is -1.92. The predicted molar refractivity (Wildman–Crippen MR) is 73.8 cm³/mol. The van der Waals surface area contributed by atoms with Gasteiger partial charge in [0, 0.05) is 24.2 Å². The first-order chi connectivity index (χ1) is 9.24. The lowest BCUT2D eigenvalue weighted by Gasteiger charge is -2.06. The van der Waals surface area contributed by atoms with Crippen LogP contribution in [0.2, 0.25) is 0 Å². The van der Waals surface area contributed by atoms with E-state index in [4.69, 9.17) is 10.5 Å². The van der Waals surface area contributed by atoms with Crippen LogP contribution < -0.4 is 15.8 Å². The number of nitrogens with two attached hydrogens (primary N) is 1. The number of hydrogen-bond acceptors (Lipinski definition) is 5. The van der Waals surface area contributed by atoms with Gasteiger partial charge in [-0.3, -0.25) is 9.78 Å². The monoisotopic (exact) mass is 277 g/mol. The van der Waals surface area contributed by atoms with Crippen molar-refractivity contribution < 1.29 is 9.53 Å². The van der Waals surface area contributed by atoms with Crippen molar-refractivity contribution in [2.45, 2.75) is 13.1 Å². The number of ether oxygens (including phenoxy) is 1. The molecule has 2 aromatic rings. The summed E-state index contributed by atoms with van der Waals surface area (Å²) in [6.07, 6.45) is 1.86. The smallest absolute Gasteiger partial charge is 0.255 e. The fourth-order valence-corrected chi connectivity index (χ4v) is 2.08. The highest BCUT2D eigenvalue weighted by molar-refractivity contribution is 7.09. The summed E-state index contributed by atoms with van der Waals surface area (Å²) < 4.78 is 5.18. The minimum Gasteiger partial charge on any atom is -0.484 e. The second kappa shape index (κ2) is 6.86. The Morgan fingerprint density at radius 1 is 1.32 bits per heavy atom. The summed E-state index contributed by atoms with van der Waals surface area (Å²) in [5, 5.41) is 3.33. The number of nitrogens with zero attached hydrogens (tertiary/aromatic N) is 1. The van der Waals surface area contributed by atoms with E-state index in [0.29, 0.717) is 5.75 Å². The van der Waals surface area contributed by atoms with Crippen molar-refractivity contribution in [2.75, 3.05) is 6.61 Å². The first-order valence-corrected chi connectivity index (χ1v) is 6.70. The van der Waals surface area contributed by atoms with Crippen LogP contribution in [0.3, 0.4) is 0 Å². The van der Waals surface area contributed by atoms with Gasteiger partial charge in [0.05, 0.1) is 5.51 Å². The van der Waals surface area contributed by atoms with Gasteiger partial charge < -0.3 is 15.8 Å². The van der Waals surface area contributed by atoms with Gasteiger partial charge in [0.2, 0.25) is 0 Å². The average Bonchev–Trinajstić information content (AvgIpc) is 2.91. The zero-order valence-corrected chi connectivity index (χ0v) is 11.2. The molecule has 0 aliphatic carbocycles. The summed E-state index contributed by atoms with van der Waals surface area (Å²) in [6, 6.07) is 7.56. The molecule has 3 N–H and O–H groups in total. The van der Waals surface area contributed by atoms with E-state index in [1.165, 1.54) is 4.88 Å². The van der Waals surface area contributed by atoms with E-state index < -0.39 is 5.91 Å². The topological polar surface area (TPSA) is 77.2 Å². The maximum atomic E-state index is 10.6. The molecule has 0 aliphatic heterocycles. The lowest BCUT2D eigenvalue weighted by molar-refractivity contribution is -0.119. The molecule has 1 aromatic carbocycles. The van der Waals surface area contributed by atoms with Gasteiger partial charge >= 0.3 is 0 Å². The number of rotatable bonds is 7. The molecule has 1 amide bonds. The molecule has 5 nitrogen and oxygen atoms in total. The molecule has 1 aromatic heterocycles. The van der Waals surface area contributed by atoms with Crippen LogP contribution in [0.1, 0.15) is 10.4 Å². The Morgan fingerprint density at radius 2 is 2.11 bits per heavy atom. The van der Waals surface area contributed by atoms with Gasteiger partial charge in [-0.25, -0.2) is 0 Å². The Morgan fingerprint density at radius 3 is 2.74 bits per heavy atom. The second-order valence-corrected chi connectivity index (χ2v) is 4.94. The summed E-state index contributed by atoms with van der Waals surface area (Å²) in [6.45, 7) is 1.49. The molecular formula is C13H15N3O2S. The Bertz CT molecular complexity index is 511. The van der Waals surface area contributed by atoms with Gasteiger partial charge in [-0.1, -0.05) is 12.1 Å². The van der Waals surface area contributed by atoms with Gasteiger partial charge in [0.15, 0.2) is 6.61 Å². The van der Waals surface area contributed by atoms with E-state index in [-0.39, 0.29) is 6.61 Å². The molecule has 0 bridgehead atoms. The van der Waals surface area contributed by atoms with Crippen LogP contribution in [0.15, 0.2) is 36.0 Å². The number of nitrogens with one attached hydrogen (secondary N) is 1. The number of thiazole rings is 1. The van der Waals surface area contributed by atoms with Gasteiger partial charge in [0.25, 0.3) is 5.91 Å². The first-order valence-electron chi connectivity index (χ1n) is 5.82. The first kappa shape index (κ1) is 13.5. The molecule has 0 fully saturated rings. The van der Waals surface area contributed by atoms with E-state index in [1.54, 1.807) is 11.3 Å². The Balaban J connectivity index is 1.76. The quantitative estimate of drug-likeness (QED) is 0.799. The zero-order chi connectivity index (χ0) is 13.5. The average molecular weight is 277 g/mol. The molecule has 2 rings (SSSR count). The predicted octanol–water partition coefficient (Wildman–Crippen LogP) is 1.30. The van der Waals surface area contributed by atoms with E-state index >= 15 is 0 Å². The van der Waals surface area contributed by atoms with Crippen LogP contribution in [-0.2, 0) is 17.9 Å². The maximum Gasteiger partial charge on any atom is 0.255 e. The third kappa shape index (κ3) is 4.69. The number of carbonyl (C=O) groups is 1. The van der Waals surface area contributed by atoms with Crippen molar-refractivity contribution in [1.29, 1.82) is 0 Å². The molecular weight excluding hydrogens is 262 g/mol. The standard InChI is InChI=1S/C13H15N3O2S/c14-13(17)8-18-11-3-1-10(2-4-11)5-15-6-12-7-16-9-19-12/h1-4,7,9,15H,5-6,8H2,(H2,14,17). The van der Waals surface area contributed by atoms with Crippen molar-refractivity contribution in [1.82, 2.24) is 10.3 Å². The molecule has 0 radical (unpaired) electrons. The molecule has 1 heterocycles. The summed E-state index contributed by atoms with van der Waals surface area (Å²) in [5.41, 5.74) is 7.97. The molecule has 0 aliphatic rings. The summed E-state index contributed by atoms with van der Waals surface area (Å²) >= 11 is 1.63. The Kier molecular flexibility index (Phi) is 4.88. The molecule has 100 valence electrons. The number of amides is 1. The van der Waals surface area contributed by atoms with Crippen LogP contribution in [0.25, 0.3) is 0 Å². The van der Waals surface area contributed by atoms with Gasteiger partial charge in [-0.2, -0.15) is 0 Å². The fraction of sp³-hybridized carbons (Fsp3) is 0.231. The van der Waals surface area contributed by atoms with Crippen LogP contribution >= 0.6 is 11.3 Å². The van der Waals surface area contributed by atoms with E-state index in [0.717, 1.165) is 18.7 Å². The number of benzene rings is 1. The van der Waals surface area contributed by atoms with E-state index in [9.17, 15) is 4.79 Å². The van der Waals surface area contributed by atoms with Crippen molar-refractivity contribution in [3.05, 3.63) is 46.4 Å². The second-order valence-electron chi connectivity index (χ2n) is 3.97. The van der Waals surface area contributed by atoms with Gasteiger partial charge in [0.1, 0.15) is 5.75 Å². The lowest BCUT2D eigenvalue weighted by atomic mass is 10.2. The maximum absolute atomic E-state index is 10.6. The number of aromatic nitrogens is 1. The molecule has 0 saturated heterocycles. The molecule has 19 heavy (non-hydrogen) atoms. The number of primary amides is 1. The molecule has 0 spiro atoms. The molecule has 0 saturated carbocycles. The van der Waals surface area contributed by atoms with Crippen molar-refractivity contribution in [3.63, 3.8) is 0 Å². The third-order valence-corrected chi connectivity index (χ3v) is 3.20. The zero-order valence-electron chi connectivity index (χ0n) is 10.3. The van der Waals surface area contributed by atoms with Gasteiger partial charge in [-0.05, 0) is 17.7 Å². The van der Waals surface area contributed by atoms with Crippen molar-refractivity contribution in [3.8, 4) is 5.75 Å². The SMILES string of the molecule is NC(=O)COc1ccc(CNCc2cncs2)cc1. The minimum absolute atomic E-state index is 0.0943. The highest BCUT2D eigenvalue weighted by Gasteiger charge is 1.99. The fourth-order valence-electron chi connectivity index (χ4n) is 1.52. The van der Waals surface area contributed by atoms with E-state index in [1.807, 2.05) is 36.0 Å². The third-order valence-electron chi connectivity index (χ3n) is 2.42. The Labute approximate surface area is 115 Å². The lowest BCUT2D eigenvalue weighted by Crippen LogP contribution is -2.20. The number of hydrogen-bond donors (Lipinski definition) is 2. The van der Waals surface area contributed by atoms with Crippen LogP contribution in [0.5, 0.6) is 5.75 Å². The minimum atomic E-state index is -0.477. The molecule has 0 unspecified atom stereocenters. The van der Waals surface area contributed by atoms with Crippen molar-refractivity contribution >= 4 is 17.2 Å². The van der Waals surface area contributed by atoms with Crippen LogP contribution in [-0.4, -0.2) is 17.5 Å².